The van der Waals surface area contributed by atoms with Crippen molar-refractivity contribution in [3.8, 4) is 0 Å². The van der Waals surface area contributed by atoms with Crippen molar-refractivity contribution in [1.82, 2.24) is 0 Å². The lowest BCUT2D eigenvalue weighted by atomic mass is 10.1. The fourth-order valence-corrected chi connectivity index (χ4v) is 0.754. The van der Waals surface area contributed by atoms with Crippen LogP contribution < -0.4 is 0 Å². The van der Waals surface area contributed by atoms with Gasteiger partial charge in [-0.05, 0) is 20.6 Å². The fourth-order valence-electron chi connectivity index (χ4n) is 0.754. The van der Waals surface area contributed by atoms with Crippen LogP contribution >= 0.6 is 0 Å². The molecule has 0 radical (unpaired) electrons. The van der Waals surface area contributed by atoms with E-state index in [1.807, 2.05) is 0 Å². The van der Waals surface area contributed by atoms with E-state index < -0.39 is 30.4 Å². The Morgan fingerprint density at radius 1 is 1.25 bits per heavy atom. The first-order valence-electron chi connectivity index (χ1n) is 4.30. The van der Waals surface area contributed by atoms with Gasteiger partial charge in [0.05, 0.1) is 0 Å². The van der Waals surface area contributed by atoms with Crippen LogP contribution in [0.1, 0.15) is 20.8 Å². The largest absolute Gasteiger partial charge is 0.448 e. The highest BCUT2D eigenvalue weighted by molar-refractivity contribution is 5.82. The van der Waals surface area contributed by atoms with Gasteiger partial charge in [-0.25, -0.2) is 9.59 Å². The molecule has 0 heterocycles. The molecule has 0 atom stereocenters. The van der Waals surface area contributed by atoms with E-state index in [2.05, 4.69) is 21.2 Å². The Bertz CT molecular complexity index is 309. The van der Waals surface area contributed by atoms with Gasteiger partial charge >= 0.3 is 18.0 Å². The van der Waals surface area contributed by atoms with Crippen molar-refractivity contribution in [1.29, 1.82) is 0 Å². The molecule has 16 heavy (non-hydrogen) atoms. The summed E-state index contributed by atoms with van der Waals surface area (Å²) >= 11 is 0. The highest BCUT2D eigenvalue weighted by Crippen LogP contribution is 2.11. The second kappa shape index (κ2) is 5.84. The quantitative estimate of drug-likeness (QED) is 0.401. The van der Waals surface area contributed by atoms with Crippen LogP contribution in [0.4, 0.5) is 4.79 Å². The molecule has 90 valence electrons. The van der Waals surface area contributed by atoms with E-state index in [-0.39, 0.29) is 0 Å². The van der Waals surface area contributed by atoms with E-state index in [0.29, 0.717) is 0 Å². The average molecular weight is 231 g/mol. The molecule has 0 aliphatic heterocycles. The third-order valence-corrected chi connectivity index (χ3v) is 1.39. The van der Waals surface area contributed by atoms with Gasteiger partial charge in [0.25, 0.3) is 0 Å². The molecule has 0 rings (SSSR count). The highest BCUT2D eigenvalue weighted by atomic mass is 16.7. The number of rotatable bonds is 4. The Balaban J connectivity index is 4.09. The molecule has 0 spiro atoms. The van der Waals surface area contributed by atoms with E-state index in [4.69, 9.17) is 4.74 Å². The van der Waals surface area contributed by atoms with E-state index in [0.717, 1.165) is 6.92 Å². The SMILES string of the molecule is C=NC(=O)OCOC(=O)C(C)(C)OC(C)=O. The molecular formula is C9H13NO6. The topological polar surface area (TPSA) is 91.3 Å². The van der Waals surface area contributed by atoms with Crippen LogP contribution in [0, 0.1) is 0 Å². The summed E-state index contributed by atoms with van der Waals surface area (Å²) in [6.07, 6.45) is -0.960. The summed E-state index contributed by atoms with van der Waals surface area (Å²) in [7, 11) is 0. The summed E-state index contributed by atoms with van der Waals surface area (Å²) in [4.78, 5) is 35.4. The lowest BCUT2D eigenvalue weighted by molar-refractivity contribution is -0.182. The van der Waals surface area contributed by atoms with Crippen molar-refractivity contribution in [2.75, 3.05) is 6.79 Å². The van der Waals surface area contributed by atoms with Crippen molar-refractivity contribution >= 4 is 24.7 Å². The van der Waals surface area contributed by atoms with Gasteiger partial charge in [0.1, 0.15) is 0 Å². The number of carbonyl (C=O) groups excluding carboxylic acids is 3. The number of hydrogen-bond donors (Lipinski definition) is 0. The minimum absolute atomic E-state index is 0.610. The molecule has 0 bridgehead atoms. The van der Waals surface area contributed by atoms with Crippen molar-refractivity contribution in [2.24, 2.45) is 4.99 Å². The van der Waals surface area contributed by atoms with Crippen LogP contribution in [0.15, 0.2) is 4.99 Å². The number of ether oxygens (including phenoxy) is 3. The summed E-state index contributed by atoms with van der Waals surface area (Å²) < 4.78 is 13.5. The monoisotopic (exact) mass is 231 g/mol. The Labute approximate surface area is 92.4 Å². The van der Waals surface area contributed by atoms with Crippen LogP contribution in [0.25, 0.3) is 0 Å². The fraction of sp³-hybridized carbons (Fsp3) is 0.556. The molecule has 0 aromatic carbocycles. The molecule has 0 fully saturated rings. The molecule has 1 amide bonds. The Hall–Kier alpha value is -1.92. The van der Waals surface area contributed by atoms with Gasteiger partial charge in [0.2, 0.25) is 12.4 Å². The van der Waals surface area contributed by atoms with Gasteiger partial charge in [0.15, 0.2) is 0 Å². The van der Waals surface area contributed by atoms with Gasteiger partial charge in [-0.2, -0.15) is 4.99 Å². The number of amides is 1. The van der Waals surface area contributed by atoms with Crippen LogP contribution in [0.2, 0.25) is 0 Å². The lowest BCUT2D eigenvalue weighted by Crippen LogP contribution is -2.38. The predicted molar refractivity (Wildman–Crippen MR) is 52.8 cm³/mol. The highest BCUT2D eigenvalue weighted by Gasteiger charge is 2.33. The van der Waals surface area contributed by atoms with Gasteiger partial charge in [0, 0.05) is 6.92 Å². The summed E-state index contributed by atoms with van der Waals surface area (Å²) in [5.74, 6) is -1.45. The minimum atomic E-state index is -1.43. The molecule has 0 aliphatic carbocycles. The maximum Gasteiger partial charge on any atom is 0.435 e. The second-order valence-electron chi connectivity index (χ2n) is 3.22. The smallest absolute Gasteiger partial charge is 0.435 e. The van der Waals surface area contributed by atoms with Gasteiger partial charge in [-0.3, -0.25) is 4.79 Å². The first kappa shape index (κ1) is 14.1. The Morgan fingerprint density at radius 2 is 1.81 bits per heavy atom. The Morgan fingerprint density at radius 3 is 2.25 bits per heavy atom. The third-order valence-electron chi connectivity index (χ3n) is 1.39. The molecule has 0 aromatic rings. The van der Waals surface area contributed by atoms with Crippen LogP contribution in [0.3, 0.4) is 0 Å². The van der Waals surface area contributed by atoms with Crippen molar-refractivity contribution in [3.63, 3.8) is 0 Å². The number of carbonyl (C=O) groups is 3. The van der Waals surface area contributed by atoms with Gasteiger partial charge in [-0.15, -0.1) is 0 Å². The van der Waals surface area contributed by atoms with Crippen molar-refractivity contribution in [3.05, 3.63) is 0 Å². The molecule has 7 heteroatoms. The van der Waals surface area contributed by atoms with Crippen LogP contribution in [-0.4, -0.2) is 37.1 Å². The lowest BCUT2D eigenvalue weighted by Gasteiger charge is -2.21. The zero-order valence-corrected chi connectivity index (χ0v) is 9.31. The predicted octanol–water partition coefficient (Wildman–Crippen LogP) is 0.666. The van der Waals surface area contributed by atoms with Gasteiger partial charge < -0.3 is 14.2 Å². The average Bonchev–Trinajstić information content (AvgIpc) is 2.15. The molecular weight excluding hydrogens is 218 g/mol. The summed E-state index contributed by atoms with van der Waals surface area (Å²) in [6, 6.07) is 0. The molecule has 0 aliphatic rings. The number of nitrogens with zero attached hydrogens (tertiary/aromatic N) is 1. The molecule has 0 N–H and O–H groups in total. The summed E-state index contributed by atoms with van der Waals surface area (Å²) in [6.45, 7) is 6.17. The number of hydrogen-bond acceptors (Lipinski definition) is 6. The second-order valence-corrected chi connectivity index (χ2v) is 3.22. The molecule has 0 saturated carbocycles. The minimum Gasteiger partial charge on any atom is -0.448 e. The zero-order valence-electron chi connectivity index (χ0n) is 9.31. The van der Waals surface area contributed by atoms with Gasteiger partial charge in [-0.1, -0.05) is 0 Å². The maximum atomic E-state index is 11.3. The first-order chi connectivity index (χ1) is 7.29. The Kier molecular flexibility index (Phi) is 5.14. The normalized spacial score (nSPS) is 10.2. The summed E-state index contributed by atoms with van der Waals surface area (Å²) in [5, 5.41) is 0. The maximum absolute atomic E-state index is 11.3. The zero-order chi connectivity index (χ0) is 12.8. The summed E-state index contributed by atoms with van der Waals surface area (Å²) in [5.41, 5.74) is -1.43. The van der Waals surface area contributed by atoms with Crippen LogP contribution in [-0.2, 0) is 23.8 Å². The van der Waals surface area contributed by atoms with E-state index in [1.54, 1.807) is 0 Å². The van der Waals surface area contributed by atoms with Crippen molar-refractivity contribution < 1.29 is 28.6 Å². The van der Waals surface area contributed by atoms with Crippen molar-refractivity contribution in [2.45, 2.75) is 26.4 Å². The van der Waals surface area contributed by atoms with Crippen LogP contribution in [0.5, 0.6) is 0 Å². The number of esters is 2. The first-order valence-corrected chi connectivity index (χ1v) is 4.30. The molecule has 0 unspecified atom stereocenters. The van der Waals surface area contributed by atoms with E-state index in [9.17, 15) is 14.4 Å². The molecule has 0 saturated heterocycles. The third kappa shape index (κ3) is 5.08. The van der Waals surface area contributed by atoms with E-state index >= 15 is 0 Å². The molecule has 7 nitrogen and oxygen atoms in total. The standard InChI is InChI=1S/C9H13NO6/c1-6(11)16-9(2,3)7(12)14-5-15-8(13)10-4/h4-5H2,1-3H3. The molecule has 0 aromatic heterocycles. The van der Waals surface area contributed by atoms with E-state index in [1.165, 1.54) is 13.8 Å². The number of aliphatic imine (C=N–C) groups is 1.